The molecule has 0 saturated carbocycles. The Morgan fingerprint density at radius 2 is 1.52 bits per heavy atom. The summed E-state index contributed by atoms with van der Waals surface area (Å²) in [6.07, 6.45) is 0. The number of thioether (sulfide) groups is 1. The van der Waals surface area contributed by atoms with E-state index in [0.29, 0.717) is 11.0 Å². The summed E-state index contributed by atoms with van der Waals surface area (Å²) in [6, 6.07) is 26.5. The average Bonchev–Trinajstić information content (AvgIpc) is 3.38. The fourth-order valence-electron chi connectivity index (χ4n) is 3.81. The molecule has 0 atom stereocenters. The molecule has 0 saturated heterocycles. The highest BCUT2D eigenvalue weighted by atomic mass is 32.2. The van der Waals surface area contributed by atoms with Crippen LogP contribution in [-0.4, -0.2) is 34.7 Å². The minimum atomic E-state index is 0.562. The number of rotatable bonds is 5. The lowest BCUT2D eigenvalue weighted by molar-refractivity contribution is 0.718. The molecule has 3 aromatic carbocycles. The van der Waals surface area contributed by atoms with E-state index < -0.39 is 0 Å². The van der Waals surface area contributed by atoms with Crippen LogP contribution in [0.3, 0.4) is 0 Å². The van der Waals surface area contributed by atoms with Crippen LogP contribution in [0, 0.1) is 0 Å². The quantitative estimate of drug-likeness (QED) is 0.380. The number of hydrogen-bond acceptors (Lipinski definition) is 6. The maximum atomic E-state index is 4.88. The molecule has 0 spiro atoms. The first kappa shape index (κ1) is 18.0. The van der Waals surface area contributed by atoms with Crippen molar-refractivity contribution in [3.05, 3.63) is 84.4 Å². The molecule has 0 aliphatic carbocycles. The van der Waals surface area contributed by atoms with Crippen molar-refractivity contribution in [1.82, 2.24) is 34.7 Å². The molecular formula is C23H17N7S. The van der Waals surface area contributed by atoms with Gasteiger partial charge in [0, 0.05) is 11.9 Å². The fourth-order valence-corrected chi connectivity index (χ4v) is 4.49. The van der Waals surface area contributed by atoms with Gasteiger partial charge in [-0.25, -0.2) is 9.67 Å². The van der Waals surface area contributed by atoms with Crippen molar-refractivity contribution in [3.63, 3.8) is 0 Å². The molecule has 3 aromatic heterocycles. The minimum absolute atomic E-state index is 0.562. The summed E-state index contributed by atoms with van der Waals surface area (Å²) in [6.45, 7) is 0.724. The molecule has 0 aliphatic rings. The van der Waals surface area contributed by atoms with Gasteiger partial charge in [-0.2, -0.15) is 0 Å². The number of fused-ring (bicyclic) bond motifs is 4. The highest BCUT2D eigenvalue weighted by molar-refractivity contribution is 7.98. The lowest BCUT2D eigenvalue weighted by Crippen LogP contribution is -2.03. The zero-order chi connectivity index (χ0) is 20.6. The lowest BCUT2D eigenvalue weighted by atomic mass is 10.2. The maximum absolute atomic E-state index is 4.88. The molecule has 8 heteroatoms. The van der Waals surface area contributed by atoms with Gasteiger partial charge in [0.25, 0.3) is 0 Å². The van der Waals surface area contributed by atoms with Gasteiger partial charge in [-0.1, -0.05) is 77.6 Å². The molecule has 0 amide bonds. The van der Waals surface area contributed by atoms with E-state index in [2.05, 4.69) is 61.5 Å². The van der Waals surface area contributed by atoms with E-state index >= 15 is 0 Å². The van der Waals surface area contributed by atoms with Crippen molar-refractivity contribution in [3.8, 4) is 0 Å². The van der Waals surface area contributed by atoms with Crippen LogP contribution in [0.2, 0.25) is 0 Å². The normalized spacial score (nSPS) is 11.6. The lowest BCUT2D eigenvalue weighted by Gasteiger charge is -2.07. The van der Waals surface area contributed by atoms with Crippen LogP contribution >= 0.6 is 11.8 Å². The fraction of sp³-hybridized carbons (Fsp3) is 0.0870. The second-order valence-electron chi connectivity index (χ2n) is 7.21. The van der Waals surface area contributed by atoms with E-state index in [1.165, 1.54) is 17.3 Å². The molecule has 7 nitrogen and oxygen atoms in total. The van der Waals surface area contributed by atoms with E-state index in [0.717, 1.165) is 39.6 Å². The number of para-hydroxylation sites is 2. The third kappa shape index (κ3) is 3.21. The van der Waals surface area contributed by atoms with Crippen molar-refractivity contribution in [1.29, 1.82) is 0 Å². The third-order valence-corrected chi connectivity index (χ3v) is 6.08. The van der Waals surface area contributed by atoms with Crippen LogP contribution in [0.15, 0.2) is 84.0 Å². The second-order valence-corrected chi connectivity index (χ2v) is 8.12. The number of benzene rings is 3. The average molecular weight is 424 g/mol. The van der Waals surface area contributed by atoms with Crippen LogP contribution in [0.1, 0.15) is 5.56 Å². The molecular weight excluding hydrogens is 406 g/mol. The van der Waals surface area contributed by atoms with Gasteiger partial charge >= 0.3 is 0 Å². The number of aromatic nitrogens is 7. The molecule has 6 rings (SSSR count). The van der Waals surface area contributed by atoms with Gasteiger partial charge in [0.2, 0.25) is 5.16 Å². The van der Waals surface area contributed by atoms with Crippen LogP contribution in [0.4, 0.5) is 0 Å². The molecule has 0 fully saturated rings. The molecule has 3 heterocycles. The Hall–Kier alpha value is -3.78. The summed E-state index contributed by atoms with van der Waals surface area (Å²) in [5.74, 6) is 0.562. The zero-order valence-corrected chi connectivity index (χ0v) is 17.3. The van der Waals surface area contributed by atoms with Crippen LogP contribution < -0.4 is 0 Å². The van der Waals surface area contributed by atoms with Crippen LogP contribution in [0.25, 0.3) is 33.1 Å². The van der Waals surface area contributed by atoms with Crippen molar-refractivity contribution in [2.24, 2.45) is 0 Å². The molecule has 31 heavy (non-hydrogen) atoms. The largest absolute Gasteiger partial charge is 0.319 e. The van der Waals surface area contributed by atoms with Gasteiger partial charge in [0.1, 0.15) is 11.0 Å². The molecule has 0 unspecified atom stereocenters. The zero-order valence-electron chi connectivity index (χ0n) is 16.5. The van der Waals surface area contributed by atoms with E-state index in [1.54, 1.807) is 0 Å². The van der Waals surface area contributed by atoms with Gasteiger partial charge in [-0.15, -0.1) is 15.3 Å². The van der Waals surface area contributed by atoms with Crippen LogP contribution in [0.5, 0.6) is 0 Å². The van der Waals surface area contributed by atoms with Gasteiger partial charge in [0.15, 0.2) is 5.65 Å². The van der Waals surface area contributed by atoms with E-state index in [4.69, 9.17) is 4.98 Å². The molecule has 0 N–H and O–H groups in total. The predicted molar refractivity (Wildman–Crippen MR) is 122 cm³/mol. The van der Waals surface area contributed by atoms with Gasteiger partial charge in [-0.05, 0) is 23.8 Å². The molecule has 150 valence electrons. The first-order valence-corrected chi connectivity index (χ1v) is 10.9. The predicted octanol–water partition coefficient (Wildman–Crippen LogP) is 4.52. The Morgan fingerprint density at radius 3 is 2.42 bits per heavy atom. The summed E-state index contributed by atoms with van der Waals surface area (Å²) in [5, 5.41) is 19.1. The summed E-state index contributed by atoms with van der Waals surface area (Å²) >= 11 is 1.50. The van der Waals surface area contributed by atoms with Crippen molar-refractivity contribution in [2.45, 2.75) is 17.6 Å². The molecule has 6 aromatic rings. The highest BCUT2D eigenvalue weighted by Gasteiger charge is 2.15. The van der Waals surface area contributed by atoms with Crippen molar-refractivity contribution >= 4 is 44.9 Å². The smallest absolute Gasteiger partial charge is 0.212 e. The first-order valence-electron chi connectivity index (χ1n) is 9.93. The van der Waals surface area contributed by atoms with E-state index in [9.17, 15) is 0 Å². The number of hydrogen-bond donors (Lipinski definition) is 0. The monoisotopic (exact) mass is 423 g/mol. The molecule has 0 aliphatic heterocycles. The highest BCUT2D eigenvalue weighted by Crippen LogP contribution is 2.28. The van der Waals surface area contributed by atoms with Gasteiger partial charge in [-0.3, -0.25) is 0 Å². The standard InChI is InChI=1S/C23H17N7S/c1-2-8-16(9-3-1)14-29-19-12-6-4-10-17(19)21-22(29)24-23(27-26-21)31-15-30-20-13-7-5-11-18(20)25-28-30/h1-13H,14-15H2. The molecule has 0 radical (unpaired) electrons. The van der Waals surface area contributed by atoms with E-state index in [1.807, 2.05) is 47.1 Å². The Balaban J connectivity index is 1.39. The molecule has 0 bridgehead atoms. The Bertz CT molecular complexity index is 1520. The summed E-state index contributed by atoms with van der Waals surface area (Å²) in [5.41, 5.74) is 5.84. The van der Waals surface area contributed by atoms with Crippen LogP contribution in [-0.2, 0) is 12.4 Å². The third-order valence-electron chi connectivity index (χ3n) is 5.27. The SMILES string of the molecule is c1ccc(Cn2c3ccccc3c3nnc(SCn4nnc5ccccc54)nc32)cc1. The summed E-state index contributed by atoms with van der Waals surface area (Å²) in [7, 11) is 0. The minimum Gasteiger partial charge on any atom is -0.319 e. The Morgan fingerprint density at radius 1 is 0.742 bits per heavy atom. The van der Waals surface area contributed by atoms with Crippen molar-refractivity contribution in [2.75, 3.05) is 0 Å². The van der Waals surface area contributed by atoms with Crippen molar-refractivity contribution < 1.29 is 0 Å². The van der Waals surface area contributed by atoms with E-state index in [-0.39, 0.29) is 0 Å². The topological polar surface area (TPSA) is 74.3 Å². The first-order chi connectivity index (χ1) is 15.4. The Kier molecular flexibility index (Phi) is 4.35. The van der Waals surface area contributed by atoms with Gasteiger partial charge < -0.3 is 4.57 Å². The van der Waals surface area contributed by atoms with Gasteiger partial charge in [0.05, 0.1) is 16.9 Å². The summed E-state index contributed by atoms with van der Waals surface area (Å²) in [4.78, 5) is 4.88. The second kappa shape index (κ2) is 7.48. The maximum Gasteiger partial charge on any atom is 0.212 e. The Labute approximate surface area is 181 Å². The summed E-state index contributed by atoms with van der Waals surface area (Å²) < 4.78 is 4.07. The number of nitrogens with zero attached hydrogens (tertiary/aromatic N) is 7.